The number of rotatable bonds is 4. The number of hydrogen-bond acceptors (Lipinski definition) is 4. The topological polar surface area (TPSA) is 41.9 Å². The maximum atomic E-state index is 8.83. The fraction of sp³-hybridized carbons (Fsp3) is 1.00. The van der Waals surface area contributed by atoms with Crippen molar-refractivity contribution in [3.05, 3.63) is 0 Å². The molecular formula is C11H21NO3. The number of ether oxygens (including phenoxy) is 2. The van der Waals surface area contributed by atoms with E-state index in [-0.39, 0.29) is 19.0 Å². The van der Waals surface area contributed by atoms with E-state index >= 15 is 0 Å². The smallest absolute Gasteiger partial charge is 0.173 e. The van der Waals surface area contributed by atoms with Gasteiger partial charge >= 0.3 is 0 Å². The summed E-state index contributed by atoms with van der Waals surface area (Å²) in [6, 6.07) is 0.429. The van der Waals surface area contributed by atoms with Gasteiger partial charge in [-0.1, -0.05) is 6.92 Å². The third-order valence-electron chi connectivity index (χ3n) is 3.36. The van der Waals surface area contributed by atoms with E-state index in [4.69, 9.17) is 14.6 Å². The van der Waals surface area contributed by atoms with Gasteiger partial charge < -0.3 is 14.6 Å². The first-order valence-corrected chi connectivity index (χ1v) is 5.97. The molecule has 4 heteroatoms. The lowest BCUT2D eigenvalue weighted by molar-refractivity contribution is -0.103. The molecule has 0 aromatic carbocycles. The van der Waals surface area contributed by atoms with Crippen LogP contribution in [0, 0.1) is 0 Å². The van der Waals surface area contributed by atoms with Gasteiger partial charge in [-0.05, 0) is 32.4 Å². The van der Waals surface area contributed by atoms with Gasteiger partial charge in [0.25, 0.3) is 0 Å². The number of likely N-dealkylation sites (N-methyl/N-ethyl adjacent to an activating group) is 1. The average Bonchev–Trinajstić information content (AvgIpc) is 2.84. The van der Waals surface area contributed by atoms with Gasteiger partial charge in [-0.25, -0.2) is 0 Å². The monoisotopic (exact) mass is 215 g/mol. The Balaban J connectivity index is 1.84. The quantitative estimate of drug-likeness (QED) is 0.745. The van der Waals surface area contributed by atoms with Crippen LogP contribution in [0.15, 0.2) is 0 Å². The lowest BCUT2D eigenvalue weighted by Crippen LogP contribution is -2.39. The summed E-state index contributed by atoms with van der Waals surface area (Å²) in [5.74, 6) is 0. The van der Waals surface area contributed by atoms with Gasteiger partial charge in [0.15, 0.2) is 6.29 Å². The van der Waals surface area contributed by atoms with Crippen molar-refractivity contribution in [2.75, 3.05) is 26.3 Å². The minimum atomic E-state index is -0.0657. The molecule has 0 aromatic heterocycles. The zero-order valence-corrected chi connectivity index (χ0v) is 9.39. The van der Waals surface area contributed by atoms with Crippen molar-refractivity contribution in [1.82, 2.24) is 4.90 Å². The van der Waals surface area contributed by atoms with Crippen molar-refractivity contribution >= 4 is 0 Å². The lowest BCUT2D eigenvalue weighted by atomic mass is 10.2. The van der Waals surface area contributed by atoms with Gasteiger partial charge in [-0.2, -0.15) is 0 Å². The Morgan fingerprint density at radius 2 is 2.33 bits per heavy atom. The molecule has 2 heterocycles. The summed E-state index contributed by atoms with van der Waals surface area (Å²) >= 11 is 0. The molecule has 3 atom stereocenters. The van der Waals surface area contributed by atoms with Gasteiger partial charge in [0, 0.05) is 6.61 Å². The van der Waals surface area contributed by atoms with E-state index in [1.54, 1.807) is 0 Å². The van der Waals surface area contributed by atoms with E-state index in [2.05, 4.69) is 11.8 Å². The molecule has 1 N–H and O–H groups in total. The van der Waals surface area contributed by atoms with Crippen LogP contribution in [0.25, 0.3) is 0 Å². The van der Waals surface area contributed by atoms with Crippen molar-refractivity contribution in [1.29, 1.82) is 0 Å². The minimum Gasteiger partial charge on any atom is -0.396 e. The number of hydrogen-bond donors (Lipinski definition) is 1. The number of nitrogens with zero attached hydrogens (tertiary/aromatic N) is 1. The van der Waals surface area contributed by atoms with Crippen LogP contribution in [0.1, 0.15) is 26.2 Å². The normalized spacial score (nSPS) is 37.6. The number of aliphatic hydroxyl groups is 1. The largest absolute Gasteiger partial charge is 0.396 e. The molecule has 0 aliphatic carbocycles. The predicted octanol–water partition coefficient (Wildman–Crippen LogP) is 0.595. The highest BCUT2D eigenvalue weighted by Gasteiger charge is 2.37. The SMILES string of the molecule is CCN1CCCC1C1OCC(CCO)O1. The fourth-order valence-corrected chi connectivity index (χ4v) is 2.52. The third-order valence-corrected chi connectivity index (χ3v) is 3.36. The predicted molar refractivity (Wildman–Crippen MR) is 56.6 cm³/mol. The molecule has 15 heavy (non-hydrogen) atoms. The number of aliphatic hydroxyl groups excluding tert-OH is 1. The molecule has 88 valence electrons. The Hall–Kier alpha value is -0.160. The standard InChI is InChI=1S/C11H21NO3/c1-2-12-6-3-4-10(12)11-14-8-9(15-11)5-7-13/h9-11,13H,2-8H2,1H3. The van der Waals surface area contributed by atoms with Crippen LogP contribution < -0.4 is 0 Å². The first-order chi connectivity index (χ1) is 7.35. The molecular weight excluding hydrogens is 194 g/mol. The molecule has 2 rings (SSSR count). The van der Waals surface area contributed by atoms with Crippen molar-refractivity contribution in [2.45, 2.75) is 44.6 Å². The van der Waals surface area contributed by atoms with Crippen LogP contribution in [0.5, 0.6) is 0 Å². The van der Waals surface area contributed by atoms with Crippen molar-refractivity contribution in [3.8, 4) is 0 Å². The van der Waals surface area contributed by atoms with E-state index < -0.39 is 0 Å². The van der Waals surface area contributed by atoms with Crippen LogP contribution in [0.3, 0.4) is 0 Å². The Morgan fingerprint density at radius 1 is 1.47 bits per heavy atom. The highest BCUT2D eigenvalue weighted by molar-refractivity contribution is 4.84. The van der Waals surface area contributed by atoms with Gasteiger partial charge in [0.1, 0.15) is 0 Å². The zero-order chi connectivity index (χ0) is 10.7. The molecule has 0 saturated carbocycles. The van der Waals surface area contributed by atoms with Gasteiger partial charge in [0.05, 0.1) is 18.8 Å². The molecule has 2 saturated heterocycles. The Morgan fingerprint density at radius 3 is 3.07 bits per heavy atom. The van der Waals surface area contributed by atoms with Gasteiger partial charge in [-0.15, -0.1) is 0 Å². The van der Waals surface area contributed by atoms with Crippen LogP contribution in [0.2, 0.25) is 0 Å². The fourth-order valence-electron chi connectivity index (χ4n) is 2.52. The molecule has 0 amide bonds. The average molecular weight is 215 g/mol. The molecule has 0 aromatic rings. The van der Waals surface area contributed by atoms with Gasteiger partial charge in [0.2, 0.25) is 0 Å². The summed E-state index contributed by atoms with van der Waals surface area (Å²) in [7, 11) is 0. The molecule has 2 aliphatic rings. The van der Waals surface area contributed by atoms with Crippen LogP contribution >= 0.6 is 0 Å². The first-order valence-electron chi connectivity index (χ1n) is 5.97. The van der Waals surface area contributed by atoms with Crippen LogP contribution in [-0.4, -0.2) is 54.7 Å². The van der Waals surface area contributed by atoms with Crippen molar-refractivity contribution < 1.29 is 14.6 Å². The van der Waals surface area contributed by atoms with Crippen molar-refractivity contribution in [3.63, 3.8) is 0 Å². The molecule has 2 fully saturated rings. The molecule has 0 bridgehead atoms. The first kappa shape index (κ1) is 11.3. The highest BCUT2D eigenvalue weighted by atomic mass is 16.7. The molecule has 0 spiro atoms. The van der Waals surface area contributed by atoms with Gasteiger partial charge in [-0.3, -0.25) is 4.90 Å². The van der Waals surface area contributed by atoms with E-state index in [9.17, 15) is 0 Å². The molecule has 4 nitrogen and oxygen atoms in total. The second-order valence-corrected chi connectivity index (χ2v) is 4.31. The Kier molecular flexibility index (Phi) is 3.97. The maximum absolute atomic E-state index is 8.83. The summed E-state index contributed by atoms with van der Waals surface area (Å²) < 4.78 is 11.5. The second-order valence-electron chi connectivity index (χ2n) is 4.31. The Labute approximate surface area is 91.2 Å². The van der Waals surface area contributed by atoms with E-state index in [1.165, 1.54) is 12.8 Å². The maximum Gasteiger partial charge on any atom is 0.173 e. The summed E-state index contributed by atoms with van der Waals surface area (Å²) in [5, 5.41) is 8.83. The summed E-state index contributed by atoms with van der Waals surface area (Å²) in [5.41, 5.74) is 0. The molecule has 3 unspecified atom stereocenters. The van der Waals surface area contributed by atoms with Crippen molar-refractivity contribution in [2.24, 2.45) is 0 Å². The second kappa shape index (κ2) is 5.25. The molecule has 0 radical (unpaired) electrons. The summed E-state index contributed by atoms with van der Waals surface area (Å²) in [6.07, 6.45) is 3.13. The summed E-state index contributed by atoms with van der Waals surface area (Å²) in [4.78, 5) is 2.42. The van der Waals surface area contributed by atoms with Crippen LogP contribution in [0.4, 0.5) is 0 Å². The highest BCUT2D eigenvalue weighted by Crippen LogP contribution is 2.27. The third kappa shape index (κ3) is 2.50. The number of likely N-dealkylation sites (tertiary alicyclic amines) is 1. The minimum absolute atomic E-state index is 0.0657. The van der Waals surface area contributed by atoms with E-state index in [1.807, 2.05) is 0 Å². The summed E-state index contributed by atoms with van der Waals surface area (Å²) in [6.45, 7) is 5.23. The zero-order valence-electron chi connectivity index (χ0n) is 9.39. The molecule has 2 aliphatic heterocycles. The van der Waals surface area contributed by atoms with Crippen LogP contribution in [-0.2, 0) is 9.47 Å². The Bertz CT molecular complexity index is 200. The lowest BCUT2D eigenvalue weighted by Gasteiger charge is -2.26. The van der Waals surface area contributed by atoms with E-state index in [0.717, 1.165) is 13.1 Å². The van der Waals surface area contributed by atoms with E-state index in [0.29, 0.717) is 19.1 Å².